The van der Waals surface area contributed by atoms with E-state index < -0.39 is 50.2 Å². The highest BCUT2D eigenvalue weighted by atomic mass is 31.2. The average molecular weight is 431 g/mol. The van der Waals surface area contributed by atoms with Crippen molar-refractivity contribution in [2.24, 2.45) is 0 Å². The van der Waals surface area contributed by atoms with Crippen LogP contribution in [0.1, 0.15) is 27.9 Å². The normalized spacial score (nSPS) is 35.8. The number of aliphatic hydroxyl groups is 1. The molecule has 0 spiro atoms. The molecule has 0 bridgehead atoms. The van der Waals surface area contributed by atoms with Gasteiger partial charge in [-0.1, -0.05) is 18.2 Å². The molecule has 2 aliphatic heterocycles. The first-order chi connectivity index (χ1) is 14.8. The van der Waals surface area contributed by atoms with E-state index in [4.69, 9.17) is 22.4 Å². The van der Waals surface area contributed by atoms with Crippen molar-refractivity contribution in [2.75, 3.05) is 6.56 Å². The van der Waals surface area contributed by atoms with Gasteiger partial charge in [0.05, 0.1) is 10.7 Å². The number of benzene rings is 1. The molecular weight excluding hydrogens is 410 g/mol. The second kappa shape index (κ2) is 7.19. The van der Waals surface area contributed by atoms with E-state index >= 15 is 4.39 Å². The molecule has 0 radical (unpaired) electrons. The van der Waals surface area contributed by atoms with Gasteiger partial charge in [0.15, 0.2) is 6.20 Å². The third-order valence-corrected chi connectivity index (χ3v) is 5.42. The lowest BCUT2D eigenvalue weighted by molar-refractivity contribution is -0.179. The Morgan fingerprint density at radius 3 is 3.07 bits per heavy atom. The number of hydrogen-bond donors (Lipinski definition) is 2. The Bertz CT molecular complexity index is 1240. The molecule has 4 atom stereocenters. The van der Waals surface area contributed by atoms with Gasteiger partial charge >= 0.3 is 13.5 Å². The van der Waals surface area contributed by atoms with Crippen LogP contribution in [-0.2, 0) is 25.0 Å². The molecule has 1 fully saturated rings. The number of halogens is 1. The number of para-hydroxylation sites is 1. The van der Waals surface area contributed by atoms with Crippen LogP contribution in [0.25, 0.3) is 0 Å². The fraction of sp³-hybridized carbons (Fsp3) is 0.412. The summed E-state index contributed by atoms with van der Waals surface area (Å²) in [4.78, 5) is 25.1. The number of aliphatic hydroxyl groups excluding tert-OH is 1. The molecule has 1 aromatic heterocycles. The highest BCUT2D eigenvalue weighted by molar-refractivity contribution is 7.49. The van der Waals surface area contributed by atoms with Gasteiger partial charge in [-0.15, -0.1) is 0 Å². The van der Waals surface area contributed by atoms with E-state index in [1.165, 1.54) is 0 Å². The monoisotopic (exact) mass is 431 g/mol. The molecule has 29 heavy (non-hydrogen) atoms. The van der Waals surface area contributed by atoms with Crippen molar-refractivity contribution in [1.29, 1.82) is 0 Å². The highest BCUT2D eigenvalue weighted by Crippen LogP contribution is 2.56. The van der Waals surface area contributed by atoms with Crippen molar-refractivity contribution in [1.82, 2.24) is 9.55 Å². The minimum atomic E-state index is -4.69. The number of nitrogens with zero attached hydrogens (tertiary/aromatic N) is 1. The van der Waals surface area contributed by atoms with Crippen LogP contribution in [0.5, 0.6) is 5.75 Å². The van der Waals surface area contributed by atoms with Crippen LogP contribution < -0.4 is 15.8 Å². The van der Waals surface area contributed by atoms with Crippen LogP contribution in [0.15, 0.2) is 40.1 Å². The molecule has 12 heteroatoms. The zero-order chi connectivity index (χ0) is 23.5. The molecule has 4 rings (SSSR count). The first kappa shape index (κ1) is 16.5. The van der Waals surface area contributed by atoms with Crippen LogP contribution in [0, 0.1) is 6.92 Å². The van der Waals surface area contributed by atoms with E-state index in [1.807, 2.05) is 4.98 Å². The van der Waals surface area contributed by atoms with Gasteiger partial charge in [0.2, 0.25) is 5.85 Å². The third kappa shape index (κ3) is 3.92. The lowest BCUT2D eigenvalue weighted by atomic mass is 10.1. The Balaban J connectivity index is 1.63. The Labute approximate surface area is 167 Å². The number of aryl methyl sites for hydroxylation is 1. The number of phosphoric acid groups is 1. The van der Waals surface area contributed by atoms with Gasteiger partial charge in [-0.05, 0) is 12.5 Å². The largest absolute Gasteiger partial charge is 0.530 e. The van der Waals surface area contributed by atoms with Crippen molar-refractivity contribution in [3.8, 4) is 5.75 Å². The van der Waals surface area contributed by atoms with Gasteiger partial charge in [0.1, 0.15) is 18.4 Å². The zero-order valence-corrected chi connectivity index (χ0v) is 15.9. The molecule has 2 N–H and O–H groups in total. The fourth-order valence-corrected chi connectivity index (χ4v) is 4.06. The Hall–Kier alpha value is -2.30. The number of phosphoric ester groups is 1. The Morgan fingerprint density at radius 1 is 1.52 bits per heavy atom. The molecule has 1 saturated heterocycles. The lowest BCUT2D eigenvalue weighted by Crippen LogP contribution is -2.35. The maximum absolute atomic E-state index is 15.6. The van der Waals surface area contributed by atoms with Crippen LogP contribution in [0.4, 0.5) is 4.39 Å². The Kier molecular flexibility index (Phi) is 4.09. The van der Waals surface area contributed by atoms with Gasteiger partial charge in [-0.25, -0.2) is 13.8 Å². The predicted molar refractivity (Wildman–Crippen MR) is 96.1 cm³/mol. The summed E-state index contributed by atoms with van der Waals surface area (Å²) in [6, 6.07) is 5.81. The third-order valence-electron chi connectivity index (χ3n) is 4.25. The van der Waals surface area contributed by atoms with Crippen LogP contribution in [-0.4, -0.2) is 33.2 Å². The number of rotatable bonds is 4. The van der Waals surface area contributed by atoms with Crippen molar-refractivity contribution < 1.29 is 36.5 Å². The zero-order valence-electron chi connectivity index (χ0n) is 18.0. The molecule has 3 heterocycles. The summed E-state index contributed by atoms with van der Waals surface area (Å²) in [5, 5.41) is 10.3. The summed E-state index contributed by atoms with van der Waals surface area (Å²) in [6.07, 6.45) is -5.33. The SMILES string of the molecule is [2H]C([2H])(OP1(=O)OCc2cccc(C)c2O1)[C@]1(F)C[C@@H](O)[C@]([2H])(n2ccc(=O)[nH]c2=O)O1. The highest BCUT2D eigenvalue weighted by Gasteiger charge is 2.50. The number of aromatic amines is 1. The minimum Gasteiger partial charge on any atom is -0.403 e. The van der Waals surface area contributed by atoms with Crippen molar-refractivity contribution in [3.05, 3.63) is 62.4 Å². The molecule has 2 aromatic rings. The predicted octanol–water partition coefficient (Wildman–Crippen LogP) is 1.52. The van der Waals surface area contributed by atoms with Crippen molar-refractivity contribution >= 4 is 7.82 Å². The molecule has 0 aliphatic carbocycles. The van der Waals surface area contributed by atoms with E-state index in [1.54, 1.807) is 25.1 Å². The standard InChI is InChI=1S/C17H18FN2O8P/c1-10-3-2-4-11-8-25-29(24,28-14(10)11)26-9-17(18)7-12(21)15(27-17)20-6-5-13(22)19-16(20)23/h2-6,12,15,21H,7-9H2,1H3,(H,19,22,23)/t12-,15-,17+,29?/m1/s1/i9D2,15D. The van der Waals surface area contributed by atoms with Gasteiger partial charge < -0.3 is 14.4 Å². The van der Waals surface area contributed by atoms with Gasteiger partial charge in [0, 0.05) is 24.2 Å². The molecule has 0 amide bonds. The first-order valence-electron chi connectivity index (χ1n) is 9.92. The van der Waals surface area contributed by atoms with E-state index in [9.17, 15) is 19.3 Å². The number of alkyl halides is 1. The number of nitrogens with one attached hydrogen (secondary N) is 1. The quantitative estimate of drug-likeness (QED) is 0.698. The van der Waals surface area contributed by atoms with Crippen molar-refractivity contribution in [2.45, 2.75) is 38.1 Å². The smallest absolute Gasteiger partial charge is 0.403 e. The number of H-pyrrole nitrogens is 1. The van der Waals surface area contributed by atoms with Crippen molar-refractivity contribution in [3.63, 3.8) is 0 Å². The number of fused-ring (bicyclic) bond motifs is 1. The summed E-state index contributed by atoms with van der Waals surface area (Å²) in [5.74, 6) is -3.42. The number of hydrogen-bond acceptors (Lipinski definition) is 8. The molecular formula is C17H18FN2O8P. The van der Waals surface area contributed by atoms with E-state index in [0.29, 0.717) is 15.7 Å². The molecule has 156 valence electrons. The van der Waals surface area contributed by atoms with Gasteiger partial charge in [0.25, 0.3) is 5.56 Å². The summed E-state index contributed by atoms with van der Waals surface area (Å²) >= 11 is 0. The van der Waals surface area contributed by atoms with Crippen LogP contribution in [0.2, 0.25) is 0 Å². The second-order valence-electron chi connectivity index (χ2n) is 6.44. The molecule has 1 unspecified atom stereocenters. The lowest BCUT2D eigenvalue weighted by Gasteiger charge is -2.28. The van der Waals surface area contributed by atoms with E-state index in [-0.39, 0.29) is 12.4 Å². The molecule has 1 aromatic carbocycles. The molecule has 10 nitrogen and oxygen atoms in total. The summed E-state index contributed by atoms with van der Waals surface area (Å²) in [7, 11) is -4.69. The van der Waals surface area contributed by atoms with Gasteiger partial charge in [-0.3, -0.25) is 23.4 Å². The maximum atomic E-state index is 15.6. The first-order valence-corrected chi connectivity index (χ1v) is 9.88. The van der Waals surface area contributed by atoms with Crippen LogP contribution >= 0.6 is 7.82 Å². The van der Waals surface area contributed by atoms with E-state index in [2.05, 4.69) is 0 Å². The second-order valence-corrected chi connectivity index (χ2v) is 7.96. The molecule has 0 saturated carbocycles. The average Bonchev–Trinajstić information content (AvgIpc) is 2.92. The minimum absolute atomic E-state index is 0.132. The summed E-state index contributed by atoms with van der Waals surface area (Å²) in [6.45, 7) is -2.17. The van der Waals surface area contributed by atoms with Gasteiger partial charge in [-0.2, -0.15) is 0 Å². The molecule has 2 aliphatic rings. The van der Waals surface area contributed by atoms with E-state index in [0.717, 1.165) is 12.3 Å². The number of aromatic nitrogens is 2. The Morgan fingerprint density at radius 2 is 2.31 bits per heavy atom. The summed E-state index contributed by atoms with van der Waals surface area (Å²) in [5.41, 5.74) is -0.935. The summed E-state index contributed by atoms with van der Waals surface area (Å²) < 4.78 is 73.1. The topological polar surface area (TPSA) is 129 Å². The number of ether oxygens (including phenoxy) is 1. The fourth-order valence-electron chi connectivity index (χ4n) is 2.89. The maximum Gasteiger partial charge on any atom is 0.530 e. The van der Waals surface area contributed by atoms with Crippen LogP contribution in [0.3, 0.4) is 0 Å².